The number of benzene rings is 2. The summed E-state index contributed by atoms with van der Waals surface area (Å²) in [4.78, 5) is 21.2. The number of imidazole rings is 1. The van der Waals surface area contributed by atoms with Crippen molar-refractivity contribution in [3.8, 4) is 11.1 Å². The van der Waals surface area contributed by atoms with Gasteiger partial charge in [0.2, 0.25) is 0 Å². The number of fused-ring (bicyclic) bond motifs is 1. The summed E-state index contributed by atoms with van der Waals surface area (Å²) in [7, 11) is -3.49. The predicted molar refractivity (Wildman–Crippen MR) is 93.7 cm³/mol. The first-order valence-corrected chi connectivity index (χ1v) is 9.30. The van der Waals surface area contributed by atoms with E-state index in [-0.39, 0.29) is 17.3 Å². The molecular weight excluding hydrogens is 342 g/mol. The van der Waals surface area contributed by atoms with Crippen molar-refractivity contribution in [1.82, 2.24) is 9.97 Å². The number of nitrogens with zero attached hydrogens (tertiary/aromatic N) is 3. The van der Waals surface area contributed by atoms with E-state index in [1.165, 1.54) is 6.07 Å². The third-order valence-electron chi connectivity index (χ3n) is 3.93. The van der Waals surface area contributed by atoms with Crippen LogP contribution in [0.1, 0.15) is 5.56 Å². The quantitative estimate of drug-likeness (QED) is 0.748. The molecule has 4 rings (SSSR count). The first-order valence-electron chi connectivity index (χ1n) is 7.41. The van der Waals surface area contributed by atoms with Gasteiger partial charge in [0.25, 0.3) is 0 Å². The Morgan fingerprint density at radius 1 is 1.08 bits per heavy atom. The van der Waals surface area contributed by atoms with Crippen LogP contribution >= 0.6 is 0 Å². The third-order valence-corrected chi connectivity index (χ3v) is 5.06. The largest absolute Gasteiger partial charge is 0.323 e. The number of H-pyrrole nitrogens is 2. The molecule has 1 aromatic heterocycles. The minimum Gasteiger partial charge on any atom is -0.306 e. The molecule has 9 heteroatoms. The number of azo groups is 1. The molecule has 8 nitrogen and oxygen atoms in total. The molecule has 0 saturated carbocycles. The SMILES string of the molecule is CS(=O)(=O)c1cccc(-c2ccc3[nH]c(=O)[nH]c3c2)c1C1=NCN=N1. The highest BCUT2D eigenvalue weighted by atomic mass is 32.2. The second kappa shape index (κ2) is 5.49. The van der Waals surface area contributed by atoms with Gasteiger partial charge in [-0.2, -0.15) is 5.11 Å². The van der Waals surface area contributed by atoms with Gasteiger partial charge >= 0.3 is 5.69 Å². The molecule has 3 aromatic rings. The number of hydrogen-bond acceptors (Lipinski definition) is 6. The number of amidine groups is 1. The second-order valence-corrected chi connectivity index (χ2v) is 7.64. The summed E-state index contributed by atoms with van der Waals surface area (Å²) in [6, 6.07) is 10.4. The van der Waals surface area contributed by atoms with Crippen molar-refractivity contribution in [2.24, 2.45) is 15.2 Å². The van der Waals surface area contributed by atoms with Crippen LogP contribution in [0, 0.1) is 0 Å². The maximum absolute atomic E-state index is 12.2. The standard InChI is InChI=1S/C16H13N5O3S/c1-25(23,24)13-4-2-3-10(14(13)15-17-8-18-21-15)9-5-6-11-12(7-9)20-16(22)19-11/h2-7H,8H2,1H3,(H2,19,20,22). The summed E-state index contributed by atoms with van der Waals surface area (Å²) in [5.74, 6) is 0.290. The van der Waals surface area contributed by atoms with Crippen LogP contribution in [-0.4, -0.2) is 37.1 Å². The van der Waals surface area contributed by atoms with E-state index in [0.717, 1.165) is 11.8 Å². The zero-order valence-corrected chi connectivity index (χ0v) is 14.0. The van der Waals surface area contributed by atoms with Gasteiger partial charge in [-0.05, 0) is 29.3 Å². The predicted octanol–water partition coefficient (Wildman–Crippen LogP) is 2.10. The second-order valence-electron chi connectivity index (χ2n) is 5.65. The number of sulfone groups is 1. The van der Waals surface area contributed by atoms with Crippen molar-refractivity contribution in [2.75, 3.05) is 12.9 Å². The van der Waals surface area contributed by atoms with Crippen LogP contribution in [0.5, 0.6) is 0 Å². The maximum atomic E-state index is 12.2. The van der Waals surface area contributed by atoms with Crippen molar-refractivity contribution in [3.05, 3.63) is 52.4 Å². The summed E-state index contributed by atoms with van der Waals surface area (Å²) >= 11 is 0. The van der Waals surface area contributed by atoms with Gasteiger partial charge in [-0.3, -0.25) is 0 Å². The van der Waals surface area contributed by atoms with Gasteiger partial charge in [0.15, 0.2) is 22.3 Å². The first kappa shape index (κ1) is 15.5. The zero-order valence-electron chi connectivity index (χ0n) is 13.1. The minimum atomic E-state index is -3.49. The molecule has 0 radical (unpaired) electrons. The molecular formula is C16H13N5O3S. The van der Waals surface area contributed by atoms with Crippen LogP contribution in [0.15, 0.2) is 61.3 Å². The Morgan fingerprint density at radius 3 is 2.60 bits per heavy atom. The molecule has 0 aliphatic carbocycles. The van der Waals surface area contributed by atoms with Gasteiger partial charge in [0, 0.05) is 11.8 Å². The number of rotatable bonds is 3. The minimum absolute atomic E-state index is 0.146. The molecule has 25 heavy (non-hydrogen) atoms. The van der Waals surface area contributed by atoms with Crippen molar-refractivity contribution >= 4 is 26.7 Å². The van der Waals surface area contributed by atoms with Crippen molar-refractivity contribution in [2.45, 2.75) is 4.90 Å². The Balaban J connectivity index is 2.03. The van der Waals surface area contributed by atoms with Gasteiger partial charge in [0.1, 0.15) is 0 Å². The lowest BCUT2D eigenvalue weighted by molar-refractivity contribution is 0.601. The van der Waals surface area contributed by atoms with E-state index in [1.54, 1.807) is 24.3 Å². The number of hydrogen-bond donors (Lipinski definition) is 2. The lowest BCUT2D eigenvalue weighted by Crippen LogP contribution is -2.08. The molecule has 0 amide bonds. The van der Waals surface area contributed by atoms with E-state index in [9.17, 15) is 13.2 Å². The monoisotopic (exact) mass is 355 g/mol. The van der Waals surface area contributed by atoms with Gasteiger partial charge in [-0.1, -0.05) is 18.2 Å². The first-order chi connectivity index (χ1) is 11.9. The Morgan fingerprint density at radius 2 is 1.88 bits per heavy atom. The fraction of sp³-hybridized carbons (Fsp3) is 0.125. The summed E-state index contributed by atoms with van der Waals surface area (Å²) in [5, 5.41) is 7.81. The maximum Gasteiger partial charge on any atom is 0.323 e. The van der Waals surface area contributed by atoms with E-state index < -0.39 is 9.84 Å². The van der Waals surface area contributed by atoms with E-state index >= 15 is 0 Å². The Hall–Kier alpha value is -3.07. The summed E-state index contributed by atoms with van der Waals surface area (Å²) in [6.07, 6.45) is 1.15. The topological polar surface area (TPSA) is 120 Å². The molecule has 0 bridgehead atoms. The molecule has 2 N–H and O–H groups in total. The van der Waals surface area contributed by atoms with E-state index in [1.807, 2.05) is 6.07 Å². The van der Waals surface area contributed by atoms with Gasteiger partial charge in [-0.25, -0.2) is 18.2 Å². The number of aromatic amines is 2. The van der Waals surface area contributed by atoms with Crippen molar-refractivity contribution in [1.29, 1.82) is 0 Å². The lowest BCUT2D eigenvalue weighted by atomic mass is 9.98. The molecule has 0 atom stereocenters. The van der Waals surface area contributed by atoms with Crippen LogP contribution in [0.25, 0.3) is 22.2 Å². The average Bonchev–Trinajstić information content (AvgIpc) is 3.20. The van der Waals surface area contributed by atoms with Crippen LogP contribution < -0.4 is 5.69 Å². The average molecular weight is 355 g/mol. The highest BCUT2D eigenvalue weighted by molar-refractivity contribution is 7.90. The number of nitrogens with one attached hydrogen (secondary N) is 2. The van der Waals surface area contributed by atoms with Gasteiger partial charge in [-0.15, -0.1) is 5.11 Å². The van der Waals surface area contributed by atoms with Gasteiger partial charge < -0.3 is 9.97 Å². The Kier molecular flexibility index (Phi) is 3.39. The van der Waals surface area contributed by atoms with Crippen molar-refractivity contribution in [3.63, 3.8) is 0 Å². The molecule has 1 aliphatic rings. The van der Waals surface area contributed by atoms with Crippen LogP contribution in [0.2, 0.25) is 0 Å². The summed E-state index contributed by atoms with van der Waals surface area (Å²) in [6.45, 7) is 0.178. The van der Waals surface area contributed by atoms with Crippen LogP contribution in [0.3, 0.4) is 0 Å². The van der Waals surface area contributed by atoms with Crippen LogP contribution in [0.4, 0.5) is 0 Å². The fourth-order valence-electron chi connectivity index (χ4n) is 2.87. The molecule has 0 unspecified atom stereocenters. The number of aliphatic imine (C=N–C) groups is 1. The molecule has 2 aromatic carbocycles. The molecule has 126 valence electrons. The summed E-state index contributed by atoms with van der Waals surface area (Å²) < 4.78 is 24.5. The fourth-order valence-corrected chi connectivity index (χ4v) is 3.77. The Bertz CT molecular complexity index is 1220. The normalized spacial score (nSPS) is 14.2. The molecule has 2 heterocycles. The summed E-state index contributed by atoms with van der Waals surface area (Å²) in [5.41, 5.74) is 2.83. The highest BCUT2D eigenvalue weighted by Crippen LogP contribution is 2.32. The zero-order chi connectivity index (χ0) is 17.6. The third kappa shape index (κ3) is 2.68. The smallest absolute Gasteiger partial charge is 0.306 e. The molecule has 0 saturated heterocycles. The van der Waals surface area contributed by atoms with Crippen molar-refractivity contribution < 1.29 is 8.42 Å². The molecule has 1 aliphatic heterocycles. The molecule has 0 fully saturated rings. The van der Waals surface area contributed by atoms with Gasteiger partial charge in [0.05, 0.1) is 15.9 Å². The molecule has 0 spiro atoms. The Labute approximate surface area is 142 Å². The lowest BCUT2D eigenvalue weighted by Gasteiger charge is -2.12. The highest BCUT2D eigenvalue weighted by Gasteiger charge is 2.23. The number of aromatic nitrogens is 2. The van der Waals surface area contributed by atoms with E-state index in [0.29, 0.717) is 28.0 Å². The van der Waals surface area contributed by atoms with E-state index in [4.69, 9.17) is 0 Å². The van der Waals surface area contributed by atoms with Crippen LogP contribution in [-0.2, 0) is 9.84 Å². The van der Waals surface area contributed by atoms with E-state index in [2.05, 4.69) is 25.2 Å².